The van der Waals surface area contributed by atoms with Gasteiger partial charge >= 0.3 is 5.97 Å². The first-order chi connectivity index (χ1) is 11.9. The number of anilines is 1. The van der Waals surface area contributed by atoms with Crippen molar-refractivity contribution in [3.63, 3.8) is 0 Å². The zero-order valence-corrected chi connectivity index (χ0v) is 15.6. The van der Waals surface area contributed by atoms with E-state index in [-0.39, 0.29) is 0 Å². The molecule has 0 saturated heterocycles. The first-order valence-corrected chi connectivity index (χ1v) is 9.37. The van der Waals surface area contributed by atoms with Crippen LogP contribution in [0.2, 0.25) is 5.02 Å². The fourth-order valence-electron chi connectivity index (χ4n) is 2.76. The third-order valence-corrected chi connectivity index (χ3v) is 5.60. The predicted octanol–water partition coefficient (Wildman–Crippen LogP) is 4.11. The number of fused-ring (bicyclic) bond motifs is 1. The maximum atomic E-state index is 12.3. The smallest absolute Gasteiger partial charge is 0.349 e. The molecule has 1 N–H and O–H groups in total. The van der Waals surface area contributed by atoms with Gasteiger partial charge in [-0.2, -0.15) is 0 Å². The van der Waals surface area contributed by atoms with Gasteiger partial charge in [-0.05, 0) is 55.9 Å². The zero-order chi connectivity index (χ0) is 18.0. The predicted molar refractivity (Wildman–Crippen MR) is 98.3 cm³/mol. The van der Waals surface area contributed by atoms with Crippen LogP contribution in [0.15, 0.2) is 24.4 Å². The van der Waals surface area contributed by atoms with Crippen LogP contribution in [0.4, 0.5) is 5.82 Å². The molecule has 3 rings (SSSR count). The molecule has 2 aromatic heterocycles. The van der Waals surface area contributed by atoms with Crippen LogP contribution < -0.4 is 5.32 Å². The van der Waals surface area contributed by atoms with Crippen molar-refractivity contribution in [1.82, 2.24) is 4.98 Å². The Hall–Kier alpha value is -1.92. The number of hydrogen-bond donors (Lipinski definition) is 1. The van der Waals surface area contributed by atoms with Crippen molar-refractivity contribution in [3.05, 3.63) is 44.7 Å². The maximum Gasteiger partial charge on any atom is 0.349 e. The number of aryl methyl sites for hydroxylation is 1. The van der Waals surface area contributed by atoms with Gasteiger partial charge < -0.3 is 10.1 Å². The lowest BCUT2D eigenvalue weighted by Crippen LogP contribution is -2.30. The van der Waals surface area contributed by atoms with Crippen LogP contribution >= 0.6 is 22.9 Å². The molecule has 7 heteroatoms. The molecule has 25 heavy (non-hydrogen) atoms. The van der Waals surface area contributed by atoms with E-state index in [2.05, 4.69) is 17.2 Å². The second-order valence-electron chi connectivity index (χ2n) is 6.31. The van der Waals surface area contributed by atoms with Gasteiger partial charge in [-0.1, -0.05) is 18.5 Å². The minimum atomic E-state index is -0.914. The normalized spacial score (nSPS) is 17.5. The number of esters is 1. The van der Waals surface area contributed by atoms with E-state index in [1.54, 1.807) is 19.1 Å². The fraction of sp³-hybridized carbons (Fsp3) is 0.389. The number of ether oxygens (including phenoxy) is 1. The Kier molecular flexibility index (Phi) is 5.39. The van der Waals surface area contributed by atoms with Gasteiger partial charge in [0.15, 0.2) is 6.10 Å². The lowest BCUT2D eigenvalue weighted by molar-refractivity contribution is -0.123. The van der Waals surface area contributed by atoms with Crippen molar-refractivity contribution in [3.8, 4) is 0 Å². The van der Waals surface area contributed by atoms with Crippen LogP contribution in [-0.2, 0) is 22.4 Å². The average Bonchev–Trinajstić information content (AvgIpc) is 3.00. The number of pyridine rings is 1. The summed E-state index contributed by atoms with van der Waals surface area (Å²) in [7, 11) is 0. The van der Waals surface area contributed by atoms with Crippen molar-refractivity contribution < 1.29 is 14.3 Å². The van der Waals surface area contributed by atoms with E-state index in [0.29, 0.717) is 21.6 Å². The first-order valence-electron chi connectivity index (χ1n) is 8.17. The molecule has 0 fully saturated rings. The molecule has 0 spiro atoms. The number of halogens is 1. The Morgan fingerprint density at radius 2 is 2.24 bits per heavy atom. The summed E-state index contributed by atoms with van der Waals surface area (Å²) in [6, 6.07) is 5.12. The molecular weight excluding hydrogens is 360 g/mol. The van der Waals surface area contributed by atoms with E-state index in [0.717, 1.165) is 19.3 Å². The number of hydrogen-bond acceptors (Lipinski definition) is 5. The van der Waals surface area contributed by atoms with Crippen LogP contribution in [0.3, 0.4) is 0 Å². The minimum absolute atomic E-state index is 0.359. The monoisotopic (exact) mass is 378 g/mol. The SMILES string of the molecule is C[C@H]1CCc2sc(C(=O)O[C@@H](C)C(=O)Nc3ccc(Cl)cn3)cc2C1. The number of carbonyl (C=O) groups excluding carboxylic acids is 2. The van der Waals surface area contributed by atoms with Crippen LogP contribution in [0.25, 0.3) is 0 Å². The largest absolute Gasteiger partial charge is 0.448 e. The van der Waals surface area contributed by atoms with E-state index in [1.165, 1.54) is 28.0 Å². The van der Waals surface area contributed by atoms with Crippen molar-refractivity contribution in [2.24, 2.45) is 5.92 Å². The van der Waals surface area contributed by atoms with Gasteiger partial charge in [0.2, 0.25) is 0 Å². The molecular formula is C18H19ClN2O3S. The summed E-state index contributed by atoms with van der Waals surface area (Å²) < 4.78 is 5.30. The molecule has 1 aliphatic carbocycles. The number of thiophene rings is 1. The lowest BCUT2D eigenvalue weighted by Gasteiger charge is -2.16. The Morgan fingerprint density at radius 3 is 2.96 bits per heavy atom. The first kappa shape index (κ1) is 17.9. The molecule has 2 aromatic rings. The highest BCUT2D eigenvalue weighted by Crippen LogP contribution is 2.32. The van der Waals surface area contributed by atoms with Gasteiger partial charge in [0.05, 0.1) is 5.02 Å². The summed E-state index contributed by atoms with van der Waals surface area (Å²) in [5, 5.41) is 3.08. The summed E-state index contributed by atoms with van der Waals surface area (Å²) in [4.78, 5) is 30.3. The van der Waals surface area contributed by atoms with Crippen molar-refractivity contribution in [2.75, 3.05) is 5.32 Å². The summed E-state index contributed by atoms with van der Waals surface area (Å²) in [5.74, 6) is 0.109. The van der Waals surface area contributed by atoms with E-state index in [9.17, 15) is 9.59 Å². The van der Waals surface area contributed by atoms with E-state index < -0.39 is 18.0 Å². The van der Waals surface area contributed by atoms with Gasteiger partial charge in [-0.15, -0.1) is 11.3 Å². The third-order valence-electron chi connectivity index (χ3n) is 4.16. The molecule has 0 aromatic carbocycles. The van der Waals surface area contributed by atoms with Crippen molar-refractivity contribution in [1.29, 1.82) is 0 Å². The van der Waals surface area contributed by atoms with E-state index in [4.69, 9.17) is 16.3 Å². The fourth-order valence-corrected chi connectivity index (χ4v) is 3.96. The standard InChI is InChI=1S/C18H19ClN2O3S/c1-10-3-5-14-12(7-10)8-15(25-14)18(23)24-11(2)17(22)21-16-6-4-13(19)9-20-16/h4,6,8-11H,3,5,7H2,1-2H3,(H,20,21,22)/t10-,11-/m0/s1. The van der Waals surface area contributed by atoms with Gasteiger partial charge in [-0.25, -0.2) is 9.78 Å². The maximum absolute atomic E-state index is 12.3. The molecule has 0 bridgehead atoms. The van der Waals surface area contributed by atoms with Crippen LogP contribution in [-0.4, -0.2) is 23.0 Å². The molecule has 0 radical (unpaired) electrons. The summed E-state index contributed by atoms with van der Waals surface area (Å²) >= 11 is 7.23. The summed E-state index contributed by atoms with van der Waals surface area (Å²) in [6.45, 7) is 3.76. The van der Waals surface area contributed by atoms with Crippen LogP contribution in [0.1, 0.15) is 40.4 Å². The molecule has 2 heterocycles. The molecule has 1 aliphatic rings. The topological polar surface area (TPSA) is 68.3 Å². The molecule has 5 nitrogen and oxygen atoms in total. The Bertz CT molecular complexity index is 788. The summed E-state index contributed by atoms with van der Waals surface area (Å²) in [5.41, 5.74) is 1.23. The van der Waals surface area contributed by atoms with Gasteiger partial charge in [-0.3, -0.25) is 4.79 Å². The second-order valence-corrected chi connectivity index (χ2v) is 7.88. The third kappa shape index (κ3) is 4.38. The Labute approximate surface area is 155 Å². The van der Waals surface area contributed by atoms with E-state index >= 15 is 0 Å². The second kappa shape index (κ2) is 7.54. The molecule has 0 aliphatic heterocycles. The highest BCUT2D eigenvalue weighted by Gasteiger charge is 2.24. The number of nitrogens with zero attached hydrogens (tertiary/aromatic N) is 1. The molecule has 0 unspecified atom stereocenters. The number of amides is 1. The highest BCUT2D eigenvalue weighted by atomic mass is 35.5. The van der Waals surface area contributed by atoms with Crippen molar-refractivity contribution >= 4 is 40.6 Å². The van der Waals surface area contributed by atoms with Gasteiger partial charge in [0.1, 0.15) is 10.7 Å². The molecule has 2 atom stereocenters. The average molecular weight is 379 g/mol. The zero-order valence-electron chi connectivity index (χ0n) is 14.0. The quantitative estimate of drug-likeness (QED) is 0.813. The van der Waals surface area contributed by atoms with Crippen LogP contribution in [0.5, 0.6) is 0 Å². The number of rotatable bonds is 4. The molecule has 132 valence electrons. The highest BCUT2D eigenvalue weighted by molar-refractivity contribution is 7.14. The number of aromatic nitrogens is 1. The summed E-state index contributed by atoms with van der Waals surface area (Å²) in [6.07, 6.45) is 3.67. The van der Waals surface area contributed by atoms with E-state index in [1.807, 2.05) is 6.07 Å². The van der Waals surface area contributed by atoms with Crippen LogP contribution in [0, 0.1) is 5.92 Å². The molecule has 1 amide bonds. The van der Waals surface area contributed by atoms with Gasteiger partial charge in [0, 0.05) is 11.1 Å². The number of carbonyl (C=O) groups is 2. The van der Waals surface area contributed by atoms with Gasteiger partial charge in [0.25, 0.3) is 5.91 Å². The molecule has 0 saturated carbocycles. The number of nitrogens with one attached hydrogen (secondary N) is 1. The lowest BCUT2D eigenvalue weighted by atomic mass is 9.90. The minimum Gasteiger partial charge on any atom is -0.448 e. The Morgan fingerprint density at radius 1 is 1.44 bits per heavy atom. The Balaban J connectivity index is 1.60. The van der Waals surface area contributed by atoms with Crippen molar-refractivity contribution in [2.45, 2.75) is 39.2 Å².